The molecule has 0 bridgehead atoms. The molecule has 0 radical (unpaired) electrons. The second kappa shape index (κ2) is 9.88. The number of carboxylic acid groups (broad SMARTS) is 1. The maximum absolute atomic E-state index is 13.5. The largest absolute Gasteiger partial charge is 0.482 e. The first kappa shape index (κ1) is 25.9. The van der Waals surface area contributed by atoms with Gasteiger partial charge in [-0.05, 0) is 47.7 Å². The molecule has 0 spiro atoms. The van der Waals surface area contributed by atoms with Gasteiger partial charge in [-0.15, -0.1) is 11.3 Å². The van der Waals surface area contributed by atoms with Crippen LogP contribution in [0.4, 0.5) is 13.2 Å². The molecule has 0 amide bonds. The smallest absolute Gasteiger partial charge is 0.416 e. The summed E-state index contributed by atoms with van der Waals surface area (Å²) in [5.41, 5.74) is 1.96. The first-order chi connectivity index (χ1) is 18.0. The number of aryl methyl sites for hydroxylation is 1. The number of nitrogens with zero attached hydrogens (tertiary/aromatic N) is 1. The SMILES string of the molecule is O=C(O)COc1cccc2c1CCc1sc(S(=O)(=O)Cc3ccc(C(F)(F)F)cc3-c3ccccc3)nc1-2. The van der Waals surface area contributed by atoms with Crippen molar-refractivity contribution in [3.8, 4) is 28.1 Å². The van der Waals surface area contributed by atoms with Gasteiger partial charge in [-0.1, -0.05) is 48.5 Å². The molecule has 196 valence electrons. The molecule has 6 nitrogen and oxygen atoms in total. The van der Waals surface area contributed by atoms with Crippen LogP contribution in [-0.2, 0) is 39.4 Å². The molecule has 1 aliphatic rings. The zero-order valence-electron chi connectivity index (χ0n) is 19.7. The van der Waals surface area contributed by atoms with Gasteiger partial charge < -0.3 is 9.84 Å². The van der Waals surface area contributed by atoms with E-state index in [1.165, 1.54) is 6.07 Å². The van der Waals surface area contributed by atoms with Gasteiger partial charge in [-0.2, -0.15) is 13.2 Å². The number of hydrogen-bond donors (Lipinski definition) is 1. The molecule has 0 atom stereocenters. The zero-order chi connectivity index (χ0) is 27.1. The lowest BCUT2D eigenvalue weighted by Crippen LogP contribution is -2.12. The third-order valence-electron chi connectivity index (χ3n) is 6.15. The number of benzene rings is 3. The van der Waals surface area contributed by atoms with Crippen molar-refractivity contribution in [1.29, 1.82) is 0 Å². The molecule has 38 heavy (non-hydrogen) atoms. The lowest BCUT2D eigenvalue weighted by Gasteiger charge is -2.18. The van der Waals surface area contributed by atoms with Crippen molar-refractivity contribution in [2.75, 3.05) is 6.61 Å². The van der Waals surface area contributed by atoms with Crippen LogP contribution in [0.5, 0.6) is 5.75 Å². The van der Waals surface area contributed by atoms with Crippen LogP contribution >= 0.6 is 11.3 Å². The van der Waals surface area contributed by atoms with E-state index in [9.17, 15) is 26.4 Å². The van der Waals surface area contributed by atoms with Crippen molar-refractivity contribution >= 4 is 27.1 Å². The van der Waals surface area contributed by atoms with E-state index in [-0.39, 0.29) is 15.5 Å². The summed E-state index contributed by atoms with van der Waals surface area (Å²) < 4.78 is 72.5. The van der Waals surface area contributed by atoms with Crippen LogP contribution < -0.4 is 4.74 Å². The van der Waals surface area contributed by atoms with Gasteiger partial charge in [0.2, 0.25) is 14.2 Å². The molecule has 4 aromatic rings. The Morgan fingerprint density at radius 3 is 2.47 bits per heavy atom. The van der Waals surface area contributed by atoms with Crippen LogP contribution in [0, 0.1) is 0 Å². The number of rotatable bonds is 7. The van der Waals surface area contributed by atoms with Crippen LogP contribution in [0.2, 0.25) is 0 Å². The van der Waals surface area contributed by atoms with Gasteiger partial charge in [-0.25, -0.2) is 18.2 Å². The number of alkyl halides is 3. The van der Waals surface area contributed by atoms with Crippen LogP contribution in [0.25, 0.3) is 22.4 Å². The maximum atomic E-state index is 13.5. The summed E-state index contributed by atoms with van der Waals surface area (Å²) in [4.78, 5) is 16.1. The number of carbonyl (C=O) groups is 1. The van der Waals surface area contributed by atoms with E-state index >= 15 is 0 Å². The van der Waals surface area contributed by atoms with E-state index in [0.717, 1.165) is 33.9 Å². The Hall–Kier alpha value is -3.70. The van der Waals surface area contributed by atoms with Crippen LogP contribution in [0.3, 0.4) is 0 Å². The molecule has 1 heterocycles. The fraction of sp³-hybridized carbons (Fsp3) is 0.185. The predicted molar refractivity (Wildman–Crippen MR) is 136 cm³/mol. The summed E-state index contributed by atoms with van der Waals surface area (Å²) in [6, 6.07) is 16.5. The highest BCUT2D eigenvalue weighted by Crippen LogP contribution is 2.42. The fourth-order valence-corrected chi connectivity index (χ4v) is 7.24. The summed E-state index contributed by atoms with van der Waals surface area (Å²) in [7, 11) is -4.00. The molecular formula is C27H20F3NO5S2. The molecule has 1 aromatic heterocycles. The van der Waals surface area contributed by atoms with Crippen LogP contribution in [-0.4, -0.2) is 31.1 Å². The molecule has 5 rings (SSSR count). The summed E-state index contributed by atoms with van der Waals surface area (Å²) in [6.45, 7) is -0.503. The quantitative estimate of drug-likeness (QED) is 0.297. The highest BCUT2D eigenvalue weighted by molar-refractivity contribution is 7.92. The van der Waals surface area contributed by atoms with Crippen molar-refractivity contribution in [3.05, 3.63) is 88.3 Å². The number of carboxylic acids is 1. The number of halogens is 3. The maximum Gasteiger partial charge on any atom is 0.416 e. The molecule has 0 unspecified atom stereocenters. The summed E-state index contributed by atoms with van der Waals surface area (Å²) in [6.07, 6.45) is -3.55. The lowest BCUT2D eigenvalue weighted by atomic mass is 9.93. The third-order valence-corrected chi connectivity index (χ3v) is 9.39. The second-order valence-corrected chi connectivity index (χ2v) is 12.0. The molecule has 0 saturated carbocycles. The monoisotopic (exact) mass is 559 g/mol. The minimum atomic E-state index is -4.57. The van der Waals surface area contributed by atoms with Gasteiger partial charge in [0.05, 0.1) is 17.0 Å². The van der Waals surface area contributed by atoms with Crippen molar-refractivity contribution in [3.63, 3.8) is 0 Å². The summed E-state index contributed by atoms with van der Waals surface area (Å²) in [5, 5.41) is 8.94. The Kier molecular flexibility index (Phi) is 6.74. The third kappa shape index (κ3) is 5.16. The second-order valence-electron chi connectivity index (χ2n) is 8.71. The highest BCUT2D eigenvalue weighted by Gasteiger charge is 2.33. The number of ether oxygens (including phenoxy) is 1. The van der Waals surface area contributed by atoms with Gasteiger partial charge in [0, 0.05) is 16.0 Å². The molecule has 0 aliphatic heterocycles. The number of aliphatic carboxylic acids is 1. The van der Waals surface area contributed by atoms with Gasteiger partial charge in [0.1, 0.15) is 5.75 Å². The Bertz CT molecular complexity index is 1630. The zero-order valence-corrected chi connectivity index (χ0v) is 21.3. The Morgan fingerprint density at radius 1 is 1.00 bits per heavy atom. The summed E-state index contributed by atoms with van der Waals surface area (Å²) in [5.74, 6) is -1.22. The number of thiazole rings is 1. The standard InChI is InChI=1S/C27H20F3NO5S2/c28-27(29,30)18-10-9-17(21(13-18)16-5-2-1-3-6-16)15-38(34,35)26-31-25-20-7-4-8-22(36-14-24(32)33)19(20)11-12-23(25)37-26/h1-10,13H,11-12,14-15H2,(H,32,33). The number of sulfone groups is 1. The first-order valence-electron chi connectivity index (χ1n) is 11.5. The average molecular weight is 560 g/mol. The van der Waals surface area contributed by atoms with Crippen molar-refractivity contribution in [2.45, 2.75) is 29.1 Å². The van der Waals surface area contributed by atoms with Gasteiger partial charge in [0.15, 0.2) is 6.61 Å². The molecule has 1 N–H and O–H groups in total. The molecule has 3 aromatic carbocycles. The van der Waals surface area contributed by atoms with Gasteiger partial charge in [0.25, 0.3) is 0 Å². The van der Waals surface area contributed by atoms with Crippen LogP contribution in [0.1, 0.15) is 21.6 Å². The van der Waals surface area contributed by atoms with E-state index in [4.69, 9.17) is 9.84 Å². The topological polar surface area (TPSA) is 93.6 Å². The van der Waals surface area contributed by atoms with Gasteiger partial charge in [-0.3, -0.25) is 0 Å². The Morgan fingerprint density at radius 2 is 1.76 bits per heavy atom. The molecule has 0 fully saturated rings. The highest BCUT2D eigenvalue weighted by atomic mass is 32.2. The van der Waals surface area contributed by atoms with E-state index in [1.807, 2.05) is 0 Å². The molecular weight excluding hydrogens is 539 g/mol. The van der Waals surface area contributed by atoms with E-state index in [0.29, 0.717) is 35.4 Å². The number of hydrogen-bond acceptors (Lipinski definition) is 6. The van der Waals surface area contributed by atoms with E-state index in [2.05, 4.69) is 4.98 Å². The van der Waals surface area contributed by atoms with E-state index in [1.54, 1.807) is 48.5 Å². The van der Waals surface area contributed by atoms with Crippen molar-refractivity contribution in [1.82, 2.24) is 4.98 Å². The Balaban J connectivity index is 1.51. The van der Waals surface area contributed by atoms with Crippen LogP contribution in [0.15, 0.2) is 71.1 Å². The average Bonchev–Trinajstić information content (AvgIpc) is 3.33. The molecule has 1 aliphatic carbocycles. The Labute approximate surface area is 220 Å². The van der Waals surface area contributed by atoms with Gasteiger partial charge >= 0.3 is 12.1 Å². The van der Waals surface area contributed by atoms with Crippen molar-refractivity contribution in [2.24, 2.45) is 0 Å². The molecule has 0 saturated heterocycles. The number of aromatic nitrogens is 1. The number of fused-ring (bicyclic) bond motifs is 3. The summed E-state index contributed by atoms with van der Waals surface area (Å²) >= 11 is 1.04. The van der Waals surface area contributed by atoms with E-state index < -0.39 is 39.9 Å². The fourth-order valence-electron chi connectivity index (χ4n) is 4.43. The minimum Gasteiger partial charge on any atom is -0.482 e. The molecule has 11 heteroatoms. The first-order valence-corrected chi connectivity index (χ1v) is 13.9. The normalized spacial score (nSPS) is 13.0. The lowest BCUT2D eigenvalue weighted by molar-refractivity contribution is -0.139. The minimum absolute atomic E-state index is 0.119. The van der Waals surface area contributed by atoms with Crippen molar-refractivity contribution < 1.29 is 36.2 Å². The predicted octanol–water partition coefficient (Wildman–Crippen LogP) is 6.03.